The van der Waals surface area contributed by atoms with Crippen LogP contribution in [0.25, 0.3) is 10.8 Å². The van der Waals surface area contributed by atoms with E-state index in [1.807, 2.05) is 12.1 Å². The maximum absolute atomic E-state index is 12.2. The molecule has 0 aliphatic heterocycles. The molecule has 2 aromatic rings. The van der Waals surface area contributed by atoms with Crippen molar-refractivity contribution in [3.05, 3.63) is 35.2 Å². The molecule has 1 atom stereocenters. The lowest BCUT2D eigenvalue weighted by atomic mass is 10.0. The summed E-state index contributed by atoms with van der Waals surface area (Å²) in [4.78, 5) is 15.4. The third kappa shape index (κ3) is 2.71. The minimum absolute atomic E-state index is 0.107. The molecule has 6 nitrogen and oxygen atoms in total. The Labute approximate surface area is 143 Å². The number of carbonyl (C=O) groups is 1. The van der Waals surface area contributed by atoms with Crippen LogP contribution < -0.4 is 5.32 Å². The first-order chi connectivity index (χ1) is 11.3. The number of halogens is 1. The molecule has 4 rings (SSSR count). The summed E-state index contributed by atoms with van der Waals surface area (Å²) >= 11 is 0. The van der Waals surface area contributed by atoms with Gasteiger partial charge in [-0.05, 0) is 48.9 Å². The van der Waals surface area contributed by atoms with E-state index in [-0.39, 0.29) is 10.9 Å². The van der Waals surface area contributed by atoms with E-state index < -0.39 is 15.1 Å². The molecule has 126 valence electrons. The molecule has 1 amide bonds. The van der Waals surface area contributed by atoms with Crippen LogP contribution in [0, 0.1) is 0 Å². The molecule has 2 aliphatic carbocycles. The number of hydrogen-bond donors (Lipinski definition) is 2. The van der Waals surface area contributed by atoms with E-state index in [4.69, 9.17) is 15.8 Å². The Bertz CT molecular complexity index is 970. The zero-order chi connectivity index (χ0) is 17.1. The molecule has 2 aliphatic rings. The number of amides is 1. The highest BCUT2D eigenvalue weighted by molar-refractivity contribution is 8.14. The zero-order valence-corrected chi connectivity index (χ0v) is 14.2. The fourth-order valence-electron chi connectivity index (χ4n) is 3.52. The Morgan fingerprint density at radius 2 is 2.04 bits per heavy atom. The third-order valence-electron chi connectivity index (χ3n) is 4.68. The van der Waals surface area contributed by atoms with E-state index in [1.54, 1.807) is 6.20 Å². The van der Waals surface area contributed by atoms with Crippen LogP contribution >= 0.6 is 10.7 Å². The summed E-state index contributed by atoms with van der Waals surface area (Å²) in [5.41, 5.74) is 2.31. The first-order valence-electron chi connectivity index (χ1n) is 7.71. The predicted octanol–water partition coefficient (Wildman–Crippen LogP) is 2.77. The van der Waals surface area contributed by atoms with Gasteiger partial charge < -0.3 is 10.4 Å². The Hall–Kier alpha value is -1.86. The second-order valence-electron chi connectivity index (χ2n) is 6.44. The van der Waals surface area contributed by atoms with Crippen LogP contribution in [-0.4, -0.2) is 30.6 Å². The molecular formula is C16H15ClN2O4S. The van der Waals surface area contributed by atoms with Gasteiger partial charge in [-0.25, -0.2) is 13.2 Å². The van der Waals surface area contributed by atoms with Crippen LogP contribution in [0.5, 0.6) is 0 Å². The SMILES string of the molecule is O=C(O)NC1Cc2cc3cnc(C4CC4)cc3c(S(=O)(=O)Cl)c2C1. The molecule has 1 unspecified atom stereocenters. The van der Waals surface area contributed by atoms with Gasteiger partial charge in [0, 0.05) is 45.3 Å². The average Bonchev–Trinajstić information content (AvgIpc) is 3.24. The summed E-state index contributed by atoms with van der Waals surface area (Å²) in [5, 5.41) is 12.6. The van der Waals surface area contributed by atoms with Gasteiger partial charge in [-0.1, -0.05) is 0 Å². The van der Waals surface area contributed by atoms with E-state index in [1.165, 1.54) is 0 Å². The van der Waals surface area contributed by atoms with Crippen molar-refractivity contribution >= 4 is 36.6 Å². The van der Waals surface area contributed by atoms with Crippen molar-refractivity contribution in [2.45, 2.75) is 42.5 Å². The molecule has 0 bridgehead atoms. The quantitative estimate of drug-likeness (QED) is 0.814. The third-order valence-corrected chi connectivity index (χ3v) is 6.09. The number of nitrogens with zero attached hydrogens (tertiary/aromatic N) is 1. The first-order valence-corrected chi connectivity index (χ1v) is 10.0. The van der Waals surface area contributed by atoms with Gasteiger partial charge in [0.15, 0.2) is 0 Å². The van der Waals surface area contributed by atoms with E-state index in [9.17, 15) is 13.2 Å². The number of pyridine rings is 1. The normalized spacial score (nSPS) is 20.1. The molecule has 8 heteroatoms. The van der Waals surface area contributed by atoms with E-state index in [0.29, 0.717) is 35.1 Å². The molecular weight excluding hydrogens is 352 g/mol. The van der Waals surface area contributed by atoms with Gasteiger partial charge in [0.1, 0.15) is 0 Å². The topological polar surface area (TPSA) is 96.4 Å². The van der Waals surface area contributed by atoms with Gasteiger partial charge in [-0.3, -0.25) is 4.98 Å². The van der Waals surface area contributed by atoms with Gasteiger partial charge in [-0.15, -0.1) is 0 Å². The van der Waals surface area contributed by atoms with Crippen molar-refractivity contribution in [3.63, 3.8) is 0 Å². The number of fused-ring (bicyclic) bond motifs is 2. The molecule has 0 saturated heterocycles. The predicted molar refractivity (Wildman–Crippen MR) is 89.1 cm³/mol. The maximum atomic E-state index is 12.2. The van der Waals surface area contributed by atoms with Gasteiger partial charge in [0.25, 0.3) is 9.05 Å². The van der Waals surface area contributed by atoms with Crippen molar-refractivity contribution in [1.82, 2.24) is 10.3 Å². The number of aromatic nitrogens is 1. The molecule has 1 saturated carbocycles. The number of benzene rings is 1. The number of rotatable bonds is 3. The lowest BCUT2D eigenvalue weighted by molar-refractivity contribution is 0.190. The first kappa shape index (κ1) is 15.7. The molecule has 0 radical (unpaired) electrons. The van der Waals surface area contributed by atoms with E-state index in [0.717, 1.165) is 24.1 Å². The Balaban J connectivity index is 1.91. The van der Waals surface area contributed by atoms with Crippen LogP contribution in [0.3, 0.4) is 0 Å². The molecule has 2 N–H and O–H groups in total. The van der Waals surface area contributed by atoms with Crippen molar-refractivity contribution in [1.29, 1.82) is 0 Å². The Morgan fingerprint density at radius 3 is 2.67 bits per heavy atom. The second-order valence-corrected chi connectivity index (χ2v) is 8.94. The monoisotopic (exact) mass is 366 g/mol. The van der Waals surface area contributed by atoms with E-state index in [2.05, 4.69) is 10.3 Å². The molecule has 1 fully saturated rings. The van der Waals surface area contributed by atoms with Crippen LogP contribution in [0.1, 0.15) is 35.6 Å². The largest absolute Gasteiger partial charge is 0.465 e. The highest BCUT2D eigenvalue weighted by atomic mass is 35.7. The number of hydrogen-bond acceptors (Lipinski definition) is 4. The lowest BCUT2D eigenvalue weighted by Gasteiger charge is -2.11. The van der Waals surface area contributed by atoms with Crippen molar-refractivity contribution < 1.29 is 18.3 Å². The zero-order valence-electron chi connectivity index (χ0n) is 12.6. The summed E-state index contributed by atoms with van der Waals surface area (Å²) in [5.74, 6) is 0.398. The number of carboxylic acid groups (broad SMARTS) is 1. The van der Waals surface area contributed by atoms with Crippen LogP contribution in [0.2, 0.25) is 0 Å². The summed E-state index contributed by atoms with van der Waals surface area (Å²) < 4.78 is 24.5. The van der Waals surface area contributed by atoms with Crippen molar-refractivity contribution in [2.24, 2.45) is 0 Å². The molecule has 0 spiro atoms. The molecule has 1 aromatic heterocycles. The number of nitrogens with one attached hydrogen (secondary N) is 1. The fourth-order valence-corrected chi connectivity index (χ4v) is 5.00. The molecule has 1 heterocycles. The Kier molecular flexibility index (Phi) is 3.47. The second kappa shape index (κ2) is 5.32. The fraction of sp³-hybridized carbons (Fsp3) is 0.375. The standard InChI is InChI=1S/C16H15ClN2O4S/c17-24(22,23)15-12-5-11(19-16(20)21)4-9(12)3-10-7-18-14(6-13(10)15)8-1-2-8/h3,6-8,11,19H,1-2,4-5H2,(H,20,21). The van der Waals surface area contributed by atoms with Crippen LogP contribution in [0.15, 0.2) is 23.2 Å². The highest BCUT2D eigenvalue weighted by Crippen LogP contribution is 2.42. The average molecular weight is 367 g/mol. The lowest BCUT2D eigenvalue weighted by Crippen LogP contribution is -2.33. The Morgan fingerprint density at radius 1 is 1.29 bits per heavy atom. The summed E-state index contributed by atoms with van der Waals surface area (Å²) in [6, 6.07) is 3.37. The smallest absolute Gasteiger partial charge is 0.404 e. The van der Waals surface area contributed by atoms with Crippen LogP contribution in [0.4, 0.5) is 4.79 Å². The summed E-state index contributed by atoms with van der Waals surface area (Å²) in [6.45, 7) is 0. The van der Waals surface area contributed by atoms with Gasteiger partial charge in [0.05, 0.1) is 4.90 Å². The van der Waals surface area contributed by atoms with Crippen molar-refractivity contribution in [2.75, 3.05) is 0 Å². The highest BCUT2D eigenvalue weighted by Gasteiger charge is 2.32. The van der Waals surface area contributed by atoms with Crippen molar-refractivity contribution in [3.8, 4) is 0 Å². The minimum atomic E-state index is -3.96. The minimum Gasteiger partial charge on any atom is -0.465 e. The van der Waals surface area contributed by atoms with Gasteiger partial charge >= 0.3 is 6.09 Å². The van der Waals surface area contributed by atoms with Gasteiger partial charge in [0.2, 0.25) is 0 Å². The van der Waals surface area contributed by atoms with Gasteiger partial charge in [-0.2, -0.15) is 0 Å². The molecule has 1 aromatic carbocycles. The summed E-state index contributed by atoms with van der Waals surface area (Å²) in [7, 11) is 1.78. The van der Waals surface area contributed by atoms with E-state index >= 15 is 0 Å². The van der Waals surface area contributed by atoms with Crippen LogP contribution in [-0.2, 0) is 21.9 Å². The summed E-state index contributed by atoms with van der Waals surface area (Å²) in [6.07, 6.45) is 3.47. The maximum Gasteiger partial charge on any atom is 0.404 e. The molecule has 24 heavy (non-hydrogen) atoms.